The molecule has 0 aliphatic carbocycles. The molecule has 0 atom stereocenters. The van der Waals surface area contributed by atoms with E-state index in [2.05, 4.69) is 23.2 Å². The summed E-state index contributed by atoms with van der Waals surface area (Å²) in [5.74, 6) is 0.0356. The molecule has 1 N–H and O–H groups in total. The molecule has 0 radical (unpaired) electrons. The molecular weight excluding hydrogens is 296 g/mol. The summed E-state index contributed by atoms with van der Waals surface area (Å²) in [5.41, 5.74) is 0. The number of carbonyl (C=O) groups excluding carboxylic acids is 1. The third-order valence-corrected chi connectivity index (χ3v) is 4.31. The van der Waals surface area contributed by atoms with Crippen LogP contribution in [-0.4, -0.2) is 53.5 Å². The number of hydrogen-bond donors (Lipinski definition) is 1. The Kier molecular flexibility index (Phi) is 9.76. The van der Waals surface area contributed by atoms with Crippen molar-refractivity contribution in [1.29, 1.82) is 5.26 Å². The Balaban J connectivity index is 2.15. The van der Waals surface area contributed by atoms with Crippen molar-refractivity contribution in [3.05, 3.63) is 0 Å². The lowest BCUT2D eigenvalue weighted by molar-refractivity contribution is -0.119. The smallest absolute Gasteiger partial charge is 0.226 e. The molecule has 5 nitrogen and oxygen atoms in total. The molecule has 0 bridgehead atoms. The minimum Gasteiger partial charge on any atom is -0.346 e. The Labute approximate surface area is 139 Å². The Morgan fingerprint density at radius 3 is 2.50 bits per heavy atom. The van der Waals surface area contributed by atoms with Gasteiger partial charge in [-0.15, -0.1) is 0 Å². The number of nitriles is 1. The predicted octanol–water partition coefficient (Wildman–Crippen LogP) is 2.28. The van der Waals surface area contributed by atoms with Crippen LogP contribution in [0.15, 0.2) is 0 Å². The van der Waals surface area contributed by atoms with Gasteiger partial charge in [0.25, 0.3) is 0 Å². The van der Waals surface area contributed by atoms with Gasteiger partial charge in [-0.25, -0.2) is 0 Å². The molecule has 0 aromatic carbocycles. The number of piperazine rings is 1. The maximum absolute atomic E-state index is 11.9. The maximum atomic E-state index is 11.9. The second kappa shape index (κ2) is 11.4. The monoisotopic (exact) mass is 324 g/mol. The summed E-state index contributed by atoms with van der Waals surface area (Å²) >= 11 is 5.32. The summed E-state index contributed by atoms with van der Waals surface area (Å²) in [5, 5.41) is 12.0. The number of thiocarbonyl (C=S) groups is 1. The fourth-order valence-corrected chi connectivity index (χ4v) is 2.83. The van der Waals surface area contributed by atoms with Gasteiger partial charge < -0.3 is 10.2 Å². The van der Waals surface area contributed by atoms with Crippen LogP contribution in [0.3, 0.4) is 0 Å². The van der Waals surface area contributed by atoms with Crippen LogP contribution >= 0.6 is 12.2 Å². The normalized spacial score (nSPS) is 15.4. The van der Waals surface area contributed by atoms with Crippen molar-refractivity contribution >= 4 is 23.2 Å². The Hall–Kier alpha value is -1.19. The lowest BCUT2D eigenvalue weighted by Crippen LogP contribution is -2.52. The van der Waals surface area contributed by atoms with Crippen LogP contribution < -0.4 is 5.32 Å². The number of unbranched alkanes of at least 4 members (excludes halogenated alkanes) is 4. The first-order chi connectivity index (χ1) is 10.7. The van der Waals surface area contributed by atoms with E-state index in [0.717, 1.165) is 45.6 Å². The second-order valence-electron chi connectivity index (χ2n) is 5.75. The van der Waals surface area contributed by atoms with Crippen LogP contribution in [0, 0.1) is 11.3 Å². The Morgan fingerprint density at radius 1 is 1.18 bits per heavy atom. The van der Waals surface area contributed by atoms with Gasteiger partial charge >= 0.3 is 0 Å². The summed E-state index contributed by atoms with van der Waals surface area (Å²) < 4.78 is 0. The first kappa shape index (κ1) is 18.9. The van der Waals surface area contributed by atoms with Crippen LogP contribution in [0.1, 0.15) is 51.9 Å². The zero-order valence-electron chi connectivity index (χ0n) is 13.6. The van der Waals surface area contributed by atoms with E-state index in [0.29, 0.717) is 18.0 Å². The molecule has 124 valence electrons. The van der Waals surface area contributed by atoms with E-state index in [1.165, 1.54) is 19.3 Å². The third-order valence-electron chi connectivity index (χ3n) is 3.95. The van der Waals surface area contributed by atoms with Crippen LogP contribution in [0.25, 0.3) is 0 Å². The van der Waals surface area contributed by atoms with Crippen molar-refractivity contribution in [1.82, 2.24) is 15.1 Å². The Morgan fingerprint density at radius 2 is 1.86 bits per heavy atom. The standard InChI is InChI=1S/C16H28N4OS/c1-2-3-4-5-6-8-15(21)18-16(22)20-13-11-19(12-14-20)10-7-9-17/h2-8,10-14H2,1H3,(H,18,21,22). The van der Waals surface area contributed by atoms with Crippen molar-refractivity contribution in [2.75, 3.05) is 32.7 Å². The van der Waals surface area contributed by atoms with Gasteiger partial charge in [-0.3, -0.25) is 9.69 Å². The summed E-state index contributed by atoms with van der Waals surface area (Å²) in [6.07, 6.45) is 6.86. The van der Waals surface area contributed by atoms with Gasteiger partial charge in [-0.1, -0.05) is 32.6 Å². The summed E-state index contributed by atoms with van der Waals surface area (Å²) in [7, 11) is 0. The average Bonchev–Trinajstić information content (AvgIpc) is 2.53. The first-order valence-electron chi connectivity index (χ1n) is 8.35. The van der Waals surface area contributed by atoms with Crippen molar-refractivity contribution in [3.63, 3.8) is 0 Å². The van der Waals surface area contributed by atoms with E-state index >= 15 is 0 Å². The molecule has 1 heterocycles. The van der Waals surface area contributed by atoms with Gasteiger partial charge in [0.1, 0.15) is 0 Å². The van der Waals surface area contributed by atoms with Gasteiger partial charge in [0.05, 0.1) is 6.07 Å². The predicted molar refractivity (Wildman–Crippen MR) is 92.4 cm³/mol. The highest BCUT2D eigenvalue weighted by atomic mass is 32.1. The van der Waals surface area contributed by atoms with Crippen LogP contribution in [0.5, 0.6) is 0 Å². The van der Waals surface area contributed by atoms with Crippen LogP contribution in [0.4, 0.5) is 0 Å². The van der Waals surface area contributed by atoms with Crippen molar-refractivity contribution < 1.29 is 4.79 Å². The largest absolute Gasteiger partial charge is 0.346 e. The molecule has 0 aromatic heterocycles. The summed E-state index contributed by atoms with van der Waals surface area (Å²) in [6.45, 7) is 6.44. The summed E-state index contributed by atoms with van der Waals surface area (Å²) in [6, 6.07) is 2.17. The molecule has 0 aromatic rings. The minimum absolute atomic E-state index is 0.0356. The molecule has 22 heavy (non-hydrogen) atoms. The van der Waals surface area contributed by atoms with Crippen LogP contribution in [0.2, 0.25) is 0 Å². The third kappa shape index (κ3) is 7.71. The van der Waals surface area contributed by atoms with Gasteiger partial charge in [-0.2, -0.15) is 5.26 Å². The molecule has 0 spiro atoms. The number of rotatable bonds is 8. The van der Waals surface area contributed by atoms with E-state index in [1.807, 2.05) is 4.90 Å². The topological polar surface area (TPSA) is 59.4 Å². The van der Waals surface area contributed by atoms with E-state index in [9.17, 15) is 4.79 Å². The lowest BCUT2D eigenvalue weighted by Gasteiger charge is -2.35. The maximum Gasteiger partial charge on any atom is 0.226 e. The fraction of sp³-hybridized carbons (Fsp3) is 0.812. The lowest BCUT2D eigenvalue weighted by atomic mass is 10.1. The zero-order valence-corrected chi connectivity index (χ0v) is 14.5. The molecule has 1 saturated heterocycles. The Bertz CT molecular complexity index is 386. The van der Waals surface area contributed by atoms with Crippen molar-refractivity contribution in [2.45, 2.75) is 51.9 Å². The molecule has 0 unspecified atom stereocenters. The van der Waals surface area contributed by atoms with Gasteiger partial charge in [0, 0.05) is 45.6 Å². The highest BCUT2D eigenvalue weighted by Crippen LogP contribution is 2.06. The average molecular weight is 324 g/mol. The molecule has 6 heteroatoms. The van der Waals surface area contributed by atoms with Crippen LogP contribution in [-0.2, 0) is 4.79 Å². The molecule has 0 saturated carbocycles. The molecule has 1 rings (SSSR count). The molecule has 1 fully saturated rings. The number of hydrogen-bond acceptors (Lipinski definition) is 4. The minimum atomic E-state index is 0.0356. The van der Waals surface area contributed by atoms with Crippen molar-refractivity contribution in [3.8, 4) is 6.07 Å². The van der Waals surface area contributed by atoms with Crippen molar-refractivity contribution in [2.24, 2.45) is 0 Å². The summed E-state index contributed by atoms with van der Waals surface area (Å²) in [4.78, 5) is 16.2. The van der Waals surface area contributed by atoms with Gasteiger partial charge in [-0.05, 0) is 18.6 Å². The quantitative estimate of drug-likeness (QED) is 0.548. The van der Waals surface area contributed by atoms with E-state index < -0.39 is 0 Å². The number of carbonyl (C=O) groups is 1. The first-order valence-corrected chi connectivity index (χ1v) is 8.76. The highest BCUT2D eigenvalue weighted by molar-refractivity contribution is 7.80. The zero-order chi connectivity index (χ0) is 16.2. The number of nitrogens with zero attached hydrogens (tertiary/aromatic N) is 3. The SMILES string of the molecule is CCCCCCCC(=O)NC(=S)N1CCN(CCC#N)CC1. The molecule has 1 aliphatic heterocycles. The van der Waals surface area contributed by atoms with E-state index in [1.54, 1.807) is 0 Å². The molecule has 1 aliphatic rings. The van der Waals surface area contributed by atoms with Gasteiger partial charge in [0.2, 0.25) is 5.91 Å². The molecular formula is C16H28N4OS. The van der Waals surface area contributed by atoms with Gasteiger partial charge in [0.15, 0.2) is 5.11 Å². The van der Waals surface area contributed by atoms with E-state index in [-0.39, 0.29) is 5.91 Å². The molecule has 1 amide bonds. The van der Waals surface area contributed by atoms with E-state index in [4.69, 9.17) is 17.5 Å². The second-order valence-corrected chi connectivity index (χ2v) is 6.14. The highest BCUT2D eigenvalue weighted by Gasteiger charge is 2.19. The number of amides is 1. The number of nitrogens with one attached hydrogen (secondary N) is 1. The fourth-order valence-electron chi connectivity index (χ4n) is 2.53.